The zero-order valence-corrected chi connectivity index (χ0v) is 13.6. The molecule has 0 saturated carbocycles. The van der Waals surface area contributed by atoms with Crippen molar-refractivity contribution < 1.29 is 9.53 Å². The molecule has 5 heteroatoms. The van der Waals surface area contributed by atoms with E-state index in [1.807, 2.05) is 49.8 Å². The number of carbonyl (C=O) groups excluding carboxylic acids is 1. The molecule has 1 amide bonds. The Labute approximate surface area is 127 Å². The summed E-state index contributed by atoms with van der Waals surface area (Å²) in [6.45, 7) is 5.11. The van der Waals surface area contributed by atoms with E-state index < -0.39 is 0 Å². The molecule has 0 radical (unpaired) electrons. The quantitative estimate of drug-likeness (QED) is 0.798. The lowest BCUT2D eigenvalue weighted by Crippen LogP contribution is -2.41. The summed E-state index contributed by atoms with van der Waals surface area (Å²) >= 11 is 0. The third-order valence-corrected chi connectivity index (χ3v) is 4.17. The Hall–Kier alpha value is -1.33. The maximum Gasteiger partial charge on any atom is 0.255 e. The second-order valence-corrected chi connectivity index (χ2v) is 6.12. The van der Waals surface area contributed by atoms with Crippen LogP contribution in [0.15, 0.2) is 12.3 Å². The van der Waals surface area contributed by atoms with E-state index >= 15 is 0 Å². The molecule has 1 saturated heterocycles. The fraction of sp³-hybridized carbons (Fsp3) is 0.688. The summed E-state index contributed by atoms with van der Waals surface area (Å²) < 4.78 is 7.69. The Morgan fingerprint density at radius 3 is 2.71 bits per heavy atom. The Bertz CT molecular complexity index is 476. The minimum Gasteiger partial charge on any atom is -0.376 e. The van der Waals surface area contributed by atoms with Crippen molar-refractivity contribution in [3.8, 4) is 0 Å². The van der Waals surface area contributed by atoms with Crippen molar-refractivity contribution in [2.75, 3.05) is 40.3 Å². The highest BCUT2D eigenvalue weighted by atomic mass is 16.5. The Morgan fingerprint density at radius 2 is 2.19 bits per heavy atom. The number of carbonyl (C=O) groups is 1. The predicted octanol–water partition coefficient (Wildman–Crippen LogP) is 1.52. The highest BCUT2D eigenvalue weighted by molar-refractivity contribution is 5.95. The summed E-state index contributed by atoms with van der Waals surface area (Å²) in [6, 6.07) is 1.91. The van der Waals surface area contributed by atoms with Crippen molar-refractivity contribution >= 4 is 5.91 Å². The van der Waals surface area contributed by atoms with Crippen LogP contribution in [0.1, 0.15) is 28.9 Å². The first kappa shape index (κ1) is 16.0. The highest BCUT2D eigenvalue weighted by Gasteiger charge is 2.24. The van der Waals surface area contributed by atoms with Crippen LogP contribution in [0.2, 0.25) is 0 Å². The molecule has 0 unspecified atom stereocenters. The smallest absolute Gasteiger partial charge is 0.255 e. The molecule has 1 aromatic rings. The molecule has 0 N–H and O–H groups in total. The van der Waals surface area contributed by atoms with Crippen LogP contribution in [-0.2, 0) is 11.8 Å². The van der Waals surface area contributed by atoms with Crippen LogP contribution in [0.3, 0.4) is 0 Å². The molecule has 1 atom stereocenters. The monoisotopic (exact) mass is 293 g/mol. The Kier molecular flexibility index (Phi) is 5.42. The summed E-state index contributed by atoms with van der Waals surface area (Å²) in [6.07, 6.45) is 4.29. The average Bonchev–Trinajstić information content (AvgIpc) is 3.05. The number of nitrogens with zero attached hydrogens (tertiary/aromatic N) is 3. The van der Waals surface area contributed by atoms with E-state index in [2.05, 4.69) is 4.90 Å². The second kappa shape index (κ2) is 7.09. The normalized spacial score (nSPS) is 18.4. The first-order valence-corrected chi connectivity index (χ1v) is 7.66. The lowest BCUT2D eigenvalue weighted by atomic mass is 10.2. The van der Waals surface area contributed by atoms with E-state index in [4.69, 9.17) is 4.74 Å². The average molecular weight is 293 g/mol. The molecule has 5 nitrogen and oxygen atoms in total. The van der Waals surface area contributed by atoms with E-state index in [0.29, 0.717) is 6.54 Å². The molecular weight excluding hydrogens is 266 g/mol. The number of rotatable bonds is 6. The minimum absolute atomic E-state index is 0.116. The van der Waals surface area contributed by atoms with Gasteiger partial charge in [-0.3, -0.25) is 4.79 Å². The van der Waals surface area contributed by atoms with Gasteiger partial charge in [-0.05, 0) is 39.9 Å². The fourth-order valence-corrected chi connectivity index (χ4v) is 2.64. The summed E-state index contributed by atoms with van der Waals surface area (Å²) in [4.78, 5) is 16.9. The molecule has 1 aromatic heterocycles. The van der Waals surface area contributed by atoms with Crippen molar-refractivity contribution in [1.82, 2.24) is 14.4 Å². The molecule has 1 fully saturated rings. The van der Waals surface area contributed by atoms with Crippen LogP contribution in [-0.4, -0.2) is 66.7 Å². The summed E-state index contributed by atoms with van der Waals surface area (Å²) in [5, 5.41) is 0. The number of amides is 1. The molecule has 1 aliphatic heterocycles. The van der Waals surface area contributed by atoms with Gasteiger partial charge in [0, 0.05) is 45.2 Å². The number of hydrogen-bond donors (Lipinski definition) is 0. The fourth-order valence-electron chi connectivity index (χ4n) is 2.64. The van der Waals surface area contributed by atoms with Crippen LogP contribution >= 0.6 is 0 Å². The van der Waals surface area contributed by atoms with Gasteiger partial charge >= 0.3 is 0 Å². The van der Waals surface area contributed by atoms with Crippen LogP contribution in [0, 0.1) is 6.92 Å². The summed E-state index contributed by atoms with van der Waals surface area (Å²) in [7, 11) is 6.03. The van der Waals surface area contributed by atoms with Crippen molar-refractivity contribution in [3.63, 3.8) is 0 Å². The maximum atomic E-state index is 12.8. The van der Waals surface area contributed by atoms with Gasteiger partial charge in [0.1, 0.15) is 0 Å². The van der Waals surface area contributed by atoms with Crippen LogP contribution < -0.4 is 0 Å². The van der Waals surface area contributed by atoms with Gasteiger partial charge in [0.25, 0.3) is 5.91 Å². The largest absolute Gasteiger partial charge is 0.376 e. The van der Waals surface area contributed by atoms with Gasteiger partial charge in [-0.1, -0.05) is 0 Å². The van der Waals surface area contributed by atoms with Gasteiger partial charge in [-0.25, -0.2) is 0 Å². The molecule has 2 rings (SSSR count). The van der Waals surface area contributed by atoms with E-state index in [-0.39, 0.29) is 12.0 Å². The van der Waals surface area contributed by atoms with E-state index in [1.165, 1.54) is 0 Å². The number of likely N-dealkylation sites (N-methyl/N-ethyl adjacent to an activating group) is 1. The molecule has 0 aromatic carbocycles. The lowest BCUT2D eigenvalue weighted by molar-refractivity contribution is 0.0511. The van der Waals surface area contributed by atoms with Crippen molar-refractivity contribution in [2.24, 2.45) is 7.05 Å². The topological polar surface area (TPSA) is 37.7 Å². The van der Waals surface area contributed by atoms with Gasteiger partial charge in [0.2, 0.25) is 0 Å². The molecule has 118 valence electrons. The van der Waals surface area contributed by atoms with Gasteiger partial charge in [-0.15, -0.1) is 0 Å². The predicted molar refractivity (Wildman–Crippen MR) is 83.6 cm³/mol. The zero-order valence-electron chi connectivity index (χ0n) is 13.6. The molecule has 0 aliphatic carbocycles. The van der Waals surface area contributed by atoms with E-state index in [9.17, 15) is 4.79 Å². The molecule has 2 heterocycles. The number of aryl methyl sites for hydroxylation is 1. The van der Waals surface area contributed by atoms with Gasteiger partial charge in [0.05, 0.1) is 11.7 Å². The van der Waals surface area contributed by atoms with Gasteiger partial charge in [-0.2, -0.15) is 0 Å². The Morgan fingerprint density at radius 1 is 1.43 bits per heavy atom. The lowest BCUT2D eigenvalue weighted by Gasteiger charge is -2.27. The first-order valence-electron chi connectivity index (χ1n) is 7.66. The number of ether oxygens (including phenoxy) is 1. The van der Waals surface area contributed by atoms with Gasteiger partial charge < -0.3 is 19.1 Å². The zero-order chi connectivity index (χ0) is 15.4. The third-order valence-electron chi connectivity index (χ3n) is 4.17. The Balaban J connectivity index is 2.08. The number of aromatic nitrogens is 1. The van der Waals surface area contributed by atoms with Gasteiger partial charge in [0.15, 0.2) is 0 Å². The molecular formula is C16H27N3O2. The van der Waals surface area contributed by atoms with Crippen molar-refractivity contribution in [3.05, 3.63) is 23.5 Å². The maximum absolute atomic E-state index is 12.8. The van der Waals surface area contributed by atoms with E-state index in [0.717, 1.165) is 43.8 Å². The molecule has 0 bridgehead atoms. The third kappa shape index (κ3) is 4.08. The van der Waals surface area contributed by atoms with Crippen LogP contribution in [0.4, 0.5) is 0 Å². The van der Waals surface area contributed by atoms with Crippen molar-refractivity contribution in [2.45, 2.75) is 25.9 Å². The summed E-state index contributed by atoms with van der Waals surface area (Å²) in [5.41, 5.74) is 1.82. The second-order valence-electron chi connectivity index (χ2n) is 6.12. The van der Waals surface area contributed by atoms with Crippen LogP contribution in [0.25, 0.3) is 0 Å². The molecule has 21 heavy (non-hydrogen) atoms. The molecule has 1 aliphatic rings. The number of hydrogen-bond acceptors (Lipinski definition) is 3. The standard InChI is InChI=1S/C16H27N3O2/c1-13-15(7-8-18(13)4)16(20)19(10-9-17(2)3)12-14-6-5-11-21-14/h7-8,14H,5-6,9-12H2,1-4H3/t14-/m1/s1. The van der Waals surface area contributed by atoms with Crippen molar-refractivity contribution in [1.29, 1.82) is 0 Å². The first-order chi connectivity index (χ1) is 9.99. The summed E-state index contributed by atoms with van der Waals surface area (Å²) in [5.74, 6) is 0.116. The highest BCUT2D eigenvalue weighted by Crippen LogP contribution is 2.17. The van der Waals surface area contributed by atoms with E-state index in [1.54, 1.807) is 0 Å². The minimum atomic E-state index is 0.116. The molecule has 0 spiro atoms. The van der Waals surface area contributed by atoms with Crippen LogP contribution in [0.5, 0.6) is 0 Å². The SMILES string of the molecule is Cc1c(C(=O)N(CCN(C)C)C[C@H]2CCCO2)ccn1C.